The Morgan fingerprint density at radius 3 is 2.63 bits per heavy atom. The highest BCUT2D eigenvalue weighted by atomic mass is 19.4. The average molecular weight is 264 g/mol. The monoisotopic (exact) mass is 264 g/mol. The van der Waals surface area contributed by atoms with Crippen LogP contribution < -0.4 is 0 Å². The van der Waals surface area contributed by atoms with Crippen molar-refractivity contribution in [3.8, 4) is 11.4 Å². The maximum Gasteiger partial charge on any atom is 0.417 e. The van der Waals surface area contributed by atoms with E-state index in [2.05, 4.69) is 19.9 Å². The van der Waals surface area contributed by atoms with Crippen molar-refractivity contribution in [2.24, 2.45) is 0 Å². The lowest BCUT2D eigenvalue weighted by atomic mass is 10.1. The molecule has 1 aromatic carbocycles. The fourth-order valence-electron chi connectivity index (χ4n) is 1.83. The molecule has 0 aliphatic carbocycles. The number of fused-ring (bicyclic) bond motifs is 1. The van der Waals surface area contributed by atoms with Gasteiger partial charge in [-0.15, -0.1) is 0 Å². The van der Waals surface area contributed by atoms with Crippen LogP contribution in [0.3, 0.4) is 0 Å². The van der Waals surface area contributed by atoms with E-state index in [1.165, 1.54) is 30.7 Å². The van der Waals surface area contributed by atoms with Gasteiger partial charge in [0.25, 0.3) is 0 Å². The molecule has 0 fully saturated rings. The molecule has 0 saturated carbocycles. The van der Waals surface area contributed by atoms with Gasteiger partial charge in [0.05, 0.1) is 11.8 Å². The maximum absolute atomic E-state index is 12.9. The lowest BCUT2D eigenvalue weighted by Crippen LogP contribution is -2.07. The molecule has 0 unspecified atom stereocenters. The fourth-order valence-corrected chi connectivity index (χ4v) is 1.83. The van der Waals surface area contributed by atoms with Gasteiger partial charge in [-0.3, -0.25) is 0 Å². The summed E-state index contributed by atoms with van der Waals surface area (Å²) in [6.07, 6.45) is -1.68. The Kier molecular flexibility index (Phi) is 2.48. The number of halogens is 3. The smallest absolute Gasteiger partial charge is 0.322 e. The number of benzene rings is 1. The largest absolute Gasteiger partial charge is 0.417 e. The predicted molar refractivity (Wildman–Crippen MR) is 62.1 cm³/mol. The lowest BCUT2D eigenvalue weighted by molar-refractivity contribution is -0.137. The fraction of sp³-hybridized carbons (Fsp3) is 0.0833. The Labute approximate surface area is 105 Å². The molecule has 4 nitrogen and oxygen atoms in total. The van der Waals surface area contributed by atoms with E-state index in [0.717, 1.165) is 6.07 Å². The second kappa shape index (κ2) is 4.04. The summed E-state index contributed by atoms with van der Waals surface area (Å²) in [7, 11) is 0. The first-order chi connectivity index (χ1) is 9.05. The molecule has 0 atom stereocenters. The van der Waals surface area contributed by atoms with Crippen molar-refractivity contribution in [2.45, 2.75) is 6.18 Å². The van der Waals surface area contributed by atoms with Crippen LogP contribution in [0.1, 0.15) is 5.56 Å². The van der Waals surface area contributed by atoms with Gasteiger partial charge in [0.2, 0.25) is 0 Å². The van der Waals surface area contributed by atoms with E-state index in [-0.39, 0.29) is 11.4 Å². The topological polar surface area (TPSA) is 54.5 Å². The molecule has 3 aromatic rings. The van der Waals surface area contributed by atoms with Crippen LogP contribution in [0.5, 0.6) is 0 Å². The van der Waals surface area contributed by atoms with Crippen LogP contribution in [0.25, 0.3) is 22.6 Å². The lowest BCUT2D eigenvalue weighted by Gasteiger charge is -2.10. The van der Waals surface area contributed by atoms with Gasteiger partial charge in [-0.1, -0.05) is 18.2 Å². The zero-order valence-electron chi connectivity index (χ0n) is 9.44. The van der Waals surface area contributed by atoms with Gasteiger partial charge < -0.3 is 4.98 Å². The Balaban J connectivity index is 2.22. The second-order valence-electron chi connectivity index (χ2n) is 3.89. The minimum Gasteiger partial charge on any atom is -0.322 e. The van der Waals surface area contributed by atoms with Crippen LogP contribution in [-0.4, -0.2) is 19.9 Å². The van der Waals surface area contributed by atoms with Crippen molar-refractivity contribution in [3.63, 3.8) is 0 Å². The molecule has 0 spiro atoms. The van der Waals surface area contributed by atoms with Crippen molar-refractivity contribution in [1.29, 1.82) is 0 Å². The summed E-state index contributed by atoms with van der Waals surface area (Å²) >= 11 is 0. The van der Waals surface area contributed by atoms with E-state index in [4.69, 9.17) is 0 Å². The molecule has 2 aromatic heterocycles. The second-order valence-corrected chi connectivity index (χ2v) is 3.89. The number of hydrogen-bond donors (Lipinski definition) is 1. The Morgan fingerprint density at radius 2 is 1.89 bits per heavy atom. The van der Waals surface area contributed by atoms with Crippen molar-refractivity contribution < 1.29 is 13.2 Å². The van der Waals surface area contributed by atoms with Crippen LogP contribution in [0, 0.1) is 0 Å². The molecular formula is C12H7F3N4. The summed E-state index contributed by atoms with van der Waals surface area (Å²) in [6.45, 7) is 0. The van der Waals surface area contributed by atoms with Crippen molar-refractivity contribution >= 4 is 11.2 Å². The van der Waals surface area contributed by atoms with E-state index in [1.807, 2.05) is 0 Å². The van der Waals surface area contributed by atoms with E-state index >= 15 is 0 Å². The zero-order chi connectivity index (χ0) is 13.5. The van der Waals surface area contributed by atoms with E-state index in [0.29, 0.717) is 11.2 Å². The molecule has 96 valence electrons. The minimum absolute atomic E-state index is 0.00648. The van der Waals surface area contributed by atoms with Gasteiger partial charge in [0, 0.05) is 5.56 Å². The summed E-state index contributed by atoms with van der Waals surface area (Å²) in [6, 6.07) is 5.26. The van der Waals surface area contributed by atoms with Gasteiger partial charge in [-0.25, -0.2) is 15.0 Å². The first kappa shape index (κ1) is 11.6. The van der Waals surface area contributed by atoms with Crippen LogP contribution in [0.4, 0.5) is 13.2 Å². The first-order valence-corrected chi connectivity index (χ1v) is 5.38. The third kappa shape index (κ3) is 2.03. The normalized spacial score (nSPS) is 11.9. The molecule has 0 aliphatic heterocycles. The number of imidazole rings is 1. The maximum atomic E-state index is 12.9. The van der Waals surface area contributed by atoms with Crippen LogP contribution >= 0.6 is 0 Å². The van der Waals surface area contributed by atoms with E-state index in [9.17, 15) is 13.2 Å². The Hall–Kier alpha value is -2.44. The number of rotatable bonds is 1. The number of H-pyrrole nitrogens is 1. The minimum atomic E-state index is -4.43. The molecular weight excluding hydrogens is 257 g/mol. The molecule has 0 radical (unpaired) electrons. The molecule has 19 heavy (non-hydrogen) atoms. The molecule has 7 heteroatoms. The highest BCUT2D eigenvalue weighted by Crippen LogP contribution is 2.36. The van der Waals surface area contributed by atoms with Gasteiger partial charge in [0.1, 0.15) is 17.7 Å². The summed E-state index contributed by atoms with van der Waals surface area (Å²) in [5.41, 5.74) is 0.0893. The van der Waals surface area contributed by atoms with E-state index in [1.54, 1.807) is 0 Å². The molecule has 0 saturated heterocycles. The van der Waals surface area contributed by atoms with Crippen molar-refractivity contribution in [1.82, 2.24) is 19.9 Å². The molecule has 0 bridgehead atoms. The predicted octanol–water partition coefficient (Wildman–Crippen LogP) is 3.04. The van der Waals surface area contributed by atoms with Gasteiger partial charge >= 0.3 is 6.18 Å². The van der Waals surface area contributed by atoms with Crippen molar-refractivity contribution in [2.75, 3.05) is 0 Å². The molecule has 3 rings (SSSR count). The van der Waals surface area contributed by atoms with Gasteiger partial charge in [0.15, 0.2) is 5.65 Å². The van der Waals surface area contributed by atoms with Gasteiger partial charge in [-0.05, 0) is 6.07 Å². The Bertz CT molecular complexity index is 700. The summed E-state index contributed by atoms with van der Waals surface area (Å²) in [5, 5.41) is 0. The third-order valence-corrected chi connectivity index (χ3v) is 2.65. The number of alkyl halides is 3. The van der Waals surface area contributed by atoms with Crippen molar-refractivity contribution in [3.05, 3.63) is 42.4 Å². The van der Waals surface area contributed by atoms with E-state index < -0.39 is 11.7 Å². The highest BCUT2D eigenvalue weighted by Gasteiger charge is 2.34. The molecule has 0 aliphatic rings. The zero-order valence-corrected chi connectivity index (χ0v) is 9.44. The standard InChI is InChI=1S/C12H7F3N4/c13-12(14,15)8-4-2-1-3-7(8)10-18-9-5-16-6-17-11(9)19-10/h1-6H,(H,16,17,18,19). The number of aromatic nitrogens is 4. The summed E-state index contributed by atoms with van der Waals surface area (Å²) < 4.78 is 38.8. The average Bonchev–Trinajstić information content (AvgIpc) is 2.81. The quantitative estimate of drug-likeness (QED) is 0.735. The molecule has 2 heterocycles. The summed E-state index contributed by atoms with van der Waals surface area (Å²) in [5.74, 6) is 0.128. The summed E-state index contributed by atoms with van der Waals surface area (Å²) in [4.78, 5) is 14.5. The van der Waals surface area contributed by atoms with Crippen LogP contribution in [0.2, 0.25) is 0 Å². The highest BCUT2D eigenvalue weighted by molar-refractivity contribution is 5.75. The number of nitrogens with zero attached hydrogens (tertiary/aromatic N) is 3. The Morgan fingerprint density at radius 1 is 1.11 bits per heavy atom. The van der Waals surface area contributed by atoms with Crippen LogP contribution in [0.15, 0.2) is 36.8 Å². The molecule has 0 amide bonds. The first-order valence-electron chi connectivity index (χ1n) is 5.38. The number of nitrogens with one attached hydrogen (secondary N) is 1. The van der Waals surface area contributed by atoms with Crippen LogP contribution in [-0.2, 0) is 6.18 Å². The SMILES string of the molecule is FC(F)(F)c1ccccc1-c1nc2cncnc2[nH]1. The third-order valence-electron chi connectivity index (χ3n) is 2.65. The van der Waals surface area contributed by atoms with Gasteiger partial charge in [-0.2, -0.15) is 13.2 Å². The number of hydrogen-bond acceptors (Lipinski definition) is 3. The molecule has 1 N–H and O–H groups in total. The number of aromatic amines is 1.